The van der Waals surface area contributed by atoms with Gasteiger partial charge in [-0.05, 0) is 37.0 Å². The molecule has 0 N–H and O–H groups in total. The average Bonchev–Trinajstić information content (AvgIpc) is 2.59. The standard InChI is InChI=1S/C11H21P/c1-2-6-10(7-3-1)12-11-8-4-5-9-11/h10-12H,1-9H2. The third-order valence-electron chi connectivity index (χ3n) is 3.43. The number of hydrogen-bond acceptors (Lipinski definition) is 0. The summed E-state index contributed by atoms with van der Waals surface area (Å²) in [6.45, 7) is 0. The Hall–Kier alpha value is 0.430. The van der Waals surface area contributed by atoms with E-state index in [-0.39, 0.29) is 0 Å². The van der Waals surface area contributed by atoms with Crippen molar-refractivity contribution < 1.29 is 0 Å². The second kappa shape index (κ2) is 4.61. The van der Waals surface area contributed by atoms with Crippen LogP contribution in [0.25, 0.3) is 0 Å². The van der Waals surface area contributed by atoms with Crippen LogP contribution < -0.4 is 0 Å². The first-order valence-electron chi connectivity index (χ1n) is 5.71. The highest BCUT2D eigenvalue weighted by atomic mass is 31.1. The first-order chi connectivity index (χ1) is 5.95. The van der Waals surface area contributed by atoms with Crippen molar-refractivity contribution in [3.8, 4) is 0 Å². The molecule has 70 valence electrons. The van der Waals surface area contributed by atoms with Crippen molar-refractivity contribution in [2.75, 3.05) is 0 Å². The summed E-state index contributed by atoms with van der Waals surface area (Å²) in [6, 6.07) is 0. The van der Waals surface area contributed by atoms with Gasteiger partial charge in [0.1, 0.15) is 0 Å². The Labute approximate surface area is 78.3 Å². The van der Waals surface area contributed by atoms with E-state index >= 15 is 0 Å². The van der Waals surface area contributed by atoms with E-state index in [2.05, 4.69) is 0 Å². The summed E-state index contributed by atoms with van der Waals surface area (Å²) in [6.07, 6.45) is 13.9. The van der Waals surface area contributed by atoms with E-state index < -0.39 is 0 Å². The Kier molecular flexibility index (Phi) is 3.46. The molecule has 0 saturated heterocycles. The lowest BCUT2D eigenvalue weighted by molar-refractivity contribution is 0.511. The lowest BCUT2D eigenvalue weighted by atomic mass is 10.0. The maximum atomic E-state index is 1.56. The van der Waals surface area contributed by atoms with Crippen LogP contribution in [0.2, 0.25) is 0 Å². The molecule has 0 nitrogen and oxygen atoms in total. The lowest BCUT2D eigenvalue weighted by Gasteiger charge is -2.24. The van der Waals surface area contributed by atoms with E-state index in [1.165, 1.54) is 40.7 Å². The molecular formula is C11H21P. The van der Waals surface area contributed by atoms with Gasteiger partial charge in [0.05, 0.1) is 0 Å². The van der Waals surface area contributed by atoms with Crippen LogP contribution in [-0.2, 0) is 0 Å². The minimum atomic E-state index is 1.15. The van der Waals surface area contributed by atoms with Gasteiger partial charge < -0.3 is 0 Å². The van der Waals surface area contributed by atoms with Gasteiger partial charge in [-0.25, -0.2) is 0 Å². The molecule has 0 spiro atoms. The highest BCUT2D eigenvalue weighted by molar-refractivity contribution is 7.39. The number of rotatable bonds is 2. The van der Waals surface area contributed by atoms with Gasteiger partial charge in [-0.15, -0.1) is 8.58 Å². The fraction of sp³-hybridized carbons (Fsp3) is 1.00. The predicted octanol–water partition coefficient (Wildman–Crippen LogP) is 3.94. The van der Waals surface area contributed by atoms with Crippen LogP contribution in [0.5, 0.6) is 0 Å². The van der Waals surface area contributed by atoms with E-state index in [0.29, 0.717) is 0 Å². The molecule has 2 saturated carbocycles. The van der Waals surface area contributed by atoms with E-state index in [9.17, 15) is 0 Å². The Morgan fingerprint density at radius 1 is 0.583 bits per heavy atom. The molecular weight excluding hydrogens is 163 g/mol. The van der Waals surface area contributed by atoms with Crippen LogP contribution in [0.3, 0.4) is 0 Å². The Morgan fingerprint density at radius 3 is 1.50 bits per heavy atom. The van der Waals surface area contributed by atoms with Gasteiger partial charge in [-0.2, -0.15) is 0 Å². The predicted molar refractivity (Wildman–Crippen MR) is 57.4 cm³/mol. The molecule has 1 heteroatoms. The molecule has 2 aliphatic carbocycles. The quantitative estimate of drug-likeness (QED) is 0.570. The van der Waals surface area contributed by atoms with Gasteiger partial charge in [0.25, 0.3) is 0 Å². The molecule has 1 unspecified atom stereocenters. The highest BCUT2D eigenvalue weighted by Crippen LogP contribution is 2.42. The molecule has 12 heavy (non-hydrogen) atoms. The van der Waals surface area contributed by atoms with Crippen LogP contribution >= 0.6 is 8.58 Å². The van der Waals surface area contributed by atoms with Crippen molar-refractivity contribution in [1.82, 2.24) is 0 Å². The van der Waals surface area contributed by atoms with Crippen LogP contribution in [-0.4, -0.2) is 11.3 Å². The fourth-order valence-electron chi connectivity index (χ4n) is 2.70. The van der Waals surface area contributed by atoms with Crippen molar-refractivity contribution in [2.24, 2.45) is 0 Å². The van der Waals surface area contributed by atoms with Crippen LogP contribution in [0.1, 0.15) is 57.8 Å². The minimum Gasteiger partial charge on any atom is -0.116 e. The molecule has 2 rings (SSSR count). The van der Waals surface area contributed by atoms with Crippen LogP contribution in [0.4, 0.5) is 0 Å². The topological polar surface area (TPSA) is 0 Å². The average molecular weight is 184 g/mol. The third-order valence-corrected chi connectivity index (χ3v) is 5.53. The van der Waals surface area contributed by atoms with E-state index in [4.69, 9.17) is 0 Å². The largest absolute Gasteiger partial charge is 0.116 e. The SMILES string of the molecule is C1CCC(PC2CCCC2)CC1. The molecule has 0 aromatic carbocycles. The lowest BCUT2D eigenvalue weighted by Crippen LogP contribution is -2.10. The van der Waals surface area contributed by atoms with E-state index in [1.807, 2.05) is 0 Å². The summed E-state index contributed by atoms with van der Waals surface area (Å²) in [5.74, 6) is 0. The summed E-state index contributed by atoms with van der Waals surface area (Å²) in [5.41, 5.74) is 2.31. The Balaban J connectivity index is 1.69. The fourth-order valence-corrected chi connectivity index (χ4v) is 4.84. The van der Waals surface area contributed by atoms with Gasteiger partial charge >= 0.3 is 0 Å². The second-order valence-corrected chi connectivity index (χ2v) is 6.45. The molecule has 0 aromatic rings. The molecule has 0 radical (unpaired) electrons. The Morgan fingerprint density at radius 2 is 1.00 bits per heavy atom. The van der Waals surface area contributed by atoms with Gasteiger partial charge in [0.2, 0.25) is 0 Å². The second-order valence-electron chi connectivity index (χ2n) is 4.48. The molecule has 0 bridgehead atoms. The maximum Gasteiger partial charge on any atom is -0.0234 e. The molecule has 2 fully saturated rings. The summed E-state index contributed by atoms with van der Waals surface area (Å²) in [7, 11) is 1.34. The van der Waals surface area contributed by atoms with Gasteiger partial charge in [0, 0.05) is 0 Å². The van der Waals surface area contributed by atoms with Crippen molar-refractivity contribution in [3.05, 3.63) is 0 Å². The number of hydrogen-bond donors (Lipinski definition) is 0. The zero-order valence-corrected chi connectivity index (χ0v) is 9.02. The van der Waals surface area contributed by atoms with Crippen molar-refractivity contribution >= 4 is 8.58 Å². The summed E-state index contributed by atoms with van der Waals surface area (Å²) >= 11 is 0. The molecule has 0 heterocycles. The minimum absolute atomic E-state index is 1.15. The first-order valence-corrected chi connectivity index (χ1v) is 6.87. The van der Waals surface area contributed by atoms with Crippen LogP contribution in [0, 0.1) is 0 Å². The highest BCUT2D eigenvalue weighted by Gasteiger charge is 2.21. The van der Waals surface area contributed by atoms with Gasteiger partial charge in [-0.3, -0.25) is 0 Å². The molecule has 0 aromatic heterocycles. The molecule has 1 atom stereocenters. The van der Waals surface area contributed by atoms with E-state index in [0.717, 1.165) is 11.3 Å². The molecule has 2 aliphatic rings. The zero-order valence-electron chi connectivity index (χ0n) is 8.02. The van der Waals surface area contributed by atoms with Crippen molar-refractivity contribution in [2.45, 2.75) is 69.1 Å². The van der Waals surface area contributed by atoms with Gasteiger partial charge in [-0.1, -0.05) is 32.1 Å². The molecule has 0 amide bonds. The summed E-state index contributed by atoms with van der Waals surface area (Å²) in [5, 5.41) is 0. The smallest absolute Gasteiger partial charge is 0.0234 e. The first kappa shape index (κ1) is 9.00. The van der Waals surface area contributed by atoms with Crippen molar-refractivity contribution in [1.29, 1.82) is 0 Å². The monoisotopic (exact) mass is 184 g/mol. The zero-order chi connectivity index (χ0) is 8.23. The van der Waals surface area contributed by atoms with Gasteiger partial charge in [0.15, 0.2) is 0 Å². The van der Waals surface area contributed by atoms with Crippen molar-refractivity contribution in [3.63, 3.8) is 0 Å². The summed E-state index contributed by atoms with van der Waals surface area (Å²) < 4.78 is 0. The van der Waals surface area contributed by atoms with Crippen LogP contribution in [0.15, 0.2) is 0 Å². The van der Waals surface area contributed by atoms with E-state index in [1.54, 1.807) is 25.7 Å². The summed E-state index contributed by atoms with van der Waals surface area (Å²) in [4.78, 5) is 0. The Bertz CT molecular complexity index is 121. The third kappa shape index (κ3) is 2.46. The maximum absolute atomic E-state index is 1.56. The normalized spacial score (nSPS) is 29.0. The molecule has 0 aliphatic heterocycles.